The number of halogens is 1. The van der Waals surface area contributed by atoms with Gasteiger partial charge < -0.3 is 32.9 Å². The Morgan fingerprint density at radius 3 is 0.375 bits per heavy atom. The first-order chi connectivity index (χ1) is 0. The number of hydrogen-bond donors (Lipinski definition) is 0. The van der Waals surface area contributed by atoms with Crippen molar-refractivity contribution >= 4 is 12.4 Å². The molecule has 0 aliphatic carbocycles. The van der Waals surface area contributed by atoms with Crippen molar-refractivity contribution < 1.29 is 55.2 Å². The van der Waals surface area contributed by atoms with Gasteiger partial charge in [-0.1, -0.05) is 0 Å². The summed E-state index contributed by atoms with van der Waals surface area (Å²) in [5.41, 5.74) is 0. The van der Waals surface area contributed by atoms with Gasteiger partial charge in [0.2, 0.25) is 0 Å². The molecule has 0 saturated carbocycles. The average Bonchev–Trinajstić information content (AvgIpc) is 0. The molecule has 0 spiro atoms. The molecule has 8 heteroatoms. The first kappa shape index (κ1) is 854. The first-order valence-corrected chi connectivity index (χ1v) is 0. The smallest absolute Gasteiger partial charge is 0 e. The van der Waals surface area contributed by atoms with Crippen LogP contribution in [0.5, 0.6) is 0 Å². The molecule has 0 aliphatic rings. The van der Waals surface area contributed by atoms with Crippen LogP contribution in [0.4, 0.5) is 0 Å². The molecule has 0 atom stereocenters. The van der Waals surface area contributed by atoms with Gasteiger partial charge in [-0.2, -0.15) is 0 Å². The zero-order chi connectivity index (χ0) is 0. The van der Waals surface area contributed by atoms with E-state index in [2.05, 4.69) is 0 Å². The maximum atomic E-state index is 0. The molecule has 0 rings (SSSR count). The largest absolute Gasteiger partial charge is 0.412 e. The molecule has 0 aromatic heterocycles. The van der Waals surface area contributed by atoms with Crippen molar-refractivity contribution in [3.63, 3.8) is 0 Å². The van der Waals surface area contributed by atoms with Gasteiger partial charge in [0.05, 0.1) is 0 Å². The quantitative estimate of drug-likeness (QED) is 0.384. The average molecular weight is 342 g/mol. The fourth-order valence-electron chi connectivity index (χ4n) is 0. The number of rotatable bonds is 0. The third-order valence-corrected chi connectivity index (χ3v) is 0. The van der Waals surface area contributed by atoms with Gasteiger partial charge >= 0.3 is 0 Å². The molecule has 1 radical (unpaired) electrons. The second-order valence-corrected chi connectivity index (χ2v) is 0. The third kappa shape index (κ3) is 365. The second-order valence-electron chi connectivity index (χ2n) is 0. The van der Waals surface area contributed by atoms with E-state index in [1.165, 1.54) is 0 Å². The summed E-state index contributed by atoms with van der Waals surface area (Å²) >= 11 is 0. The van der Waals surface area contributed by atoms with Crippen LogP contribution in [0.2, 0.25) is 0 Å². The van der Waals surface area contributed by atoms with E-state index in [-0.39, 0.29) is 67.6 Å². The van der Waals surface area contributed by atoms with Crippen molar-refractivity contribution in [2.24, 2.45) is 0 Å². The van der Waals surface area contributed by atoms with Crippen LogP contribution in [0.15, 0.2) is 0 Å². The summed E-state index contributed by atoms with van der Waals surface area (Å²) in [5, 5.41) is 0. The molecule has 0 aromatic carbocycles. The van der Waals surface area contributed by atoms with Crippen molar-refractivity contribution in [3.8, 4) is 0 Å². The van der Waals surface area contributed by atoms with E-state index >= 15 is 0 Å². The van der Waals surface area contributed by atoms with Gasteiger partial charge in [-0.3, -0.25) is 0 Å². The van der Waals surface area contributed by atoms with Gasteiger partial charge in [-0.05, 0) is 0 Å². The zero-order valence-electron chi connectivity index (χ0n) is 3.71. The van der Waals surface area contributed by atoms with Crippen LogP contribution < -0.4 is 0 Å². The molecule has 8 heavy (non-hydrogen) atoms. The minimum absolute atomic E-state index is 0. The standard InChI is InChI=1S/Au.ClH.6H2O/h;1H;6*1H2. The number of hydrogen-bond acceptors (Lipinski definition) is 0. The molecule has 0 saturated heterocycles. The Morgan fingerprint density at radius 1 is 0.375 bits per heavy atom. The molecule has 0 aliphatic heterocycles. The predicted molar refractivity (Wildman–Crippen MR) is 28.9 cm³/mol. The van der Waals surface area contributed by atoms with Crippen molar-refractivity contribution in [1.29, 1.82) is 0 Å². The summed E-state index contributed by atoms with van der Waals surface area (Å²) in [7, 11) is 0. The Bertz CT molecular complexity index is 8.49. The molecular weight excluding hydrogens is 328 g/mol. The second kappa shape index (κ2) is 575. The summed E-state index contributed by atoms with van der Waals surface area (Å²) < 4.78 is 0. The van der Waals surface area contributed by atoms with Crippen LogP contribution in [0.1, 0.15) is 0 Å². The Balaban J connectivity index is 0. The first-order valence-electron chi connectivity index (χ1n) is 0. The van der Waals surface area contributed by atoms with Gasteiger partial charge in [0.1, 0.15) is 0 Å². The van der Waals surface area contributed by atoms with Crippen molar-refractivity contribution in [1.82, 2.24) is 0 Å². The minimum Gasteiger partial charge on any atom is -0.412 e. The van der Waals surface area contributed by atoms with Crippen LogP contribution in [-0.4, -0.2) is 32.9 Å². The molecule has 0 unspecified atom stereocenters. The van der Waals surface area contributed by atoms with Crippen LogP contribution in [0.3, 0.4) is 0 Å². The molecule has 0 amide bonds. The monoisotopic (exact) mass is 341 g/mol. The van der Waals surface area contributed by atoms with Gasteiger partial charge in [0.25, 0.3) is 0 Å². The molecule has 0 bridgehead atoms. The summed E-state index contributed by atoms with van der Waals surface area (Å²) in [6.45, 7) is 0. The fourth-order valence-corrected chi connectivity index (χ4v) is 0. The maximum Gasteiger partial charge on any atom is 0 e. The van der Waals surface area contributed by atoms with Crippen molar-refractivity contribution in [2.45, 2.75) is 0 Å². The van der Waals surface area contributed by atoms with E-state index in [0.717, 1.165) is 0 Å². The molecule has 67 valence electrons. The van der Waals surface area contributed by atoms with E-state index < -0.39 is 0 Å². The summed E-state index contributed by atoms with van der Waals surface area (Å²) in [5.74, 6) is 0. The predicted octanol–water partition coefficient (Wildman–Crippen LogP) is -4.53. The van der Waals surface area contributed by atoms with Gasteiger partial charge in [-0.15, -0.1) is 12.4 Å². The molecule has 0 fully saturated rings. The third-order valence-electron chi connectivity index (χ3n) is 0. The van der Waals surface area contributed by atoms with Gasteiger partial charge in [0, 0.05) is 22.4 Å². The Labute approximate surface area is 68.0 Å². The molecule has 6 nitrogen and oxygen atoms in total. The zero-order valence-corrected chi connectivity index (χ0v) is 6.69. The molecule has 12 N–H and O–H groups in total. The Hall–Kier alpha value is 0.790. The van der Waals surface area contributed by atoms with Crippen LogP contribution in [0, 0.1) is 0 Å². The van der Waals surface area contributed by atoms with E-state index in [9.17, 15) is 0 Å². The summed E-state index contributed by atoms with van der Waals surface area (Å²) in [4.78, 5) is 0. The Morgan fingerprint density at radius 2 is 0.375 bits per heavy atom. The van der Waals surface area contributed by atoms with E-state index in [4.69, 9.17) is 0 Å². The van der Waals surface area contributed by atoms with Crippen LogP contribution in [-0.2, 0) is 22.4 Å². The van der Waals surface area contributed by atoms with Crippen molar-refractivity contribution in [2.75, 3.05) is 0 Å². The molecule has 0 aromatic rings. The summed E-state index contributed by atoms with van der Waals surface area (Å²) in [6.07, 6.45) is 0. The SMILES string of the molecule is Cl.O.O.O.O.O.O.[Au]. The van der Waals surface area contributed by atoms with E-state index in [1.807, 2.05) is 0 Å². The van der Waals surface area contributed by atoms with E-state index in [0.29, 0.717) is 0 Å². The topological polar surface area (TPSA) is 189 Å². The van der Waals surface area contributed by atoms with Crippen molar-refractivity contribution in [3.05, 3.63) is 0 Å². The van der Waals surface area contributed by atoms with Gasteiger partial charge in [-0.25, -0.2) is 0 Å². The fraction of sp³-hybridized carbons (Fsp3) is 0. The Kier molecular flexibility index (Phi) is 61400. The van der Waals surface area contributed by atoms with Crippen LogP contribution >= 0.6 is 12.4 Å². The maximum absolute atomic E-state index is 0. The van der Waals surface area contributed by atoms with Gasteiger partial charge in [0.15, 0.2) is 0 Å². The minimum atomic E-state index is 0. The van der Waals surface area contributed by atoms with Crippen LogP contribution in [0.25, 0.3) is 0 Å². The molecule has 0 heterocycles. The van der Waals surface area contributed by atoms with E-state index in [1.54, 1.807) is 0 Å². The normalized spacial score (nSPS) is 0. The molecular formula is H13AuClO6. The summed E-state index contributed by atoms with van der Waals surface area (Å²) in [6, 6.07) is 0.